The fourth-order valence-electron chi connectivity index (χ4n) is 2.90. The number of benzene rings is 1. The van der Waals surface area contributed by atoms with Crippen LogP contribution in [-0.2, 0) is 0 Å². The third-order valence-electron chi connectivity index (χ3n) is 4.63. The van der Waals surface area contributed by atoms with E-state index in [1.165, 1.54) is 0 Å². The van der Waals surface area contributed by atoms with Gasteiger partial charge in [0, 0.05) is 54.7 Å². The second-order valence-corrected chi connectivity index (χ2v) is 7.21. The van der Waals surface area contributed by atoms with Gasteiger partial charge in [-0.25, -0.2) is 4.98 Å². The molecule has 1 N–H and O–H groups in total. The molecule has 0 aliphatic rings. The summed E-state index contributed by atoms with van der Waals surface area (Å²) >= 11 is 6.43. The van der Waals surface area contributed by atoms with Crippen molar-refractivity contribution in [1.82, 2.24) is 15.0 Å². The fraction of sp³-hybridized carbons (Fsp3) is 0.130. The lowest BCUT2D eigenvalue weighted by atomic mass is 10.0. The highest BCUT2D eigenvalue weighted by molar-refractivity contribution is 6.33. The van der Waals surface area contributed by atoms with Crippen LogP contribution in [0, 0.1) is 6.92 Å². The normalized spacial score (nSPS) is 11.1. The minimum Gasteiger partial charge on any atom is -0.307 e. The van der Waals surface area contributed by atoms with Gasteiger partial charge in [0.25, 0.3) is 5.91 Å². The molecule has 7 heteroatoms. The molecule has 0 fully saturated rings. The molecule has 1 aromatic carbocycles. The summed E-state index contributed by atoms with van der Waals surface area (Å²) < 4.78 is 0. The summed E-state index contributed by atoms with van der Waals surface area (Å²) in [6, 6.07) is 11.2. The van der Waals surface area contributed by atoms with Crippen molar-refractivity contribution >= 4 is 35.6 Å². The molecule has 0 unspecified atom stereocenters. The van der Waals surface area contributed by atoms with E-state index in [-0.39, 0.29) is 5.91 Å². The first kappa shape index (κ1) is 21.2. The molecule has 0 aliphatic carbocycles. The first-order valence-electron chi connectivity index (χ1n) is 9.25. The highest BCUT2D eigenvalue weighted by Gasteiger charge is 2.11. The highest BCUT2D eigenvalue weighted by atomic mass is 35.5. The third-order valence-corrected chi connectivity index (χ3v) is 4.95. The number of pyridine rings is 2. The topological polar surface area (TPSA) is 70.5 Å². The van der Waals surface area contributed by atoms with E-state index < -0.39 is 0 Å². The smallest absolute Gasteiger partial charge is 0.258 e. The Kier molecular flexibility index (Phi) is 6.59. The average molecular weight is 420 g/mol. The van der Waals surface area contributed by atoms with E-state index in [0.717, 1.165) is 27.8 Å². The number of aryl methyl sites for hydroxylation is 1. The average Bonchev–Trinajstić information content (AvgIpc) is 2.74. The van der Waals surface area contributed by atoms with Crippen LogP contribution in [0.5, 0.6) is 0 Å². The number of hydrazone groups is 1. The van der Waals surface area contributed by atoms with Gasteiger partial charge in [0.15, 0.2) is 0 Å². The minimum absolute atomic E-state index is 0.249. The van der Waals surface area contributed by atoms with Crippen LogP contribution in [0.1, 0.15) is 28.4 Å². The molecule has 0 atom stereocenters. The Hall–Kier alpha value is -3.51. The maximum Gasteiger partial charge on any atom is 0.258 e. The van der Waals surface area contributed by atoms with Crippen molar-refractivity contribution in [3.05, 3.63) is 82.9 Å². The highest BCUT2D eigenvalue weighted by Crippen LogP contribution is 2.31. The molecule has 2 heterocycles. The van der Waals surface area contributed by atoms with Crippen LogP contribution in [0.3, 0.4) is 0 Å². The molecule has 0 radical (unpaired) electrons. The number of halogens is 1. The molecular formula is C23H22ClN5O. The number of aromatic nitrogens is 2. The molecule has 3 aromatic rings. The molecular weight excluding hydrogens is 398 g/mol. The zero-order valence-corrected chi connectivity index (χ0v) is 17.8. The minimum atomic E-state index is -0.249. The number of nitrogens with zero attached hydrogens (tertiary/aromatic N) is 4. The van der Waals surface area contributed by atoms with Crippen LogP contribution in [0.4, 0.5) is 5.82 Å². The Morgan fingerprint density at radius 2 is 2.03 bits per heavy atom. The lowest BCUT2D eigenvalue weighted by molar-refractivity contribution is 0.102. The van der Waals surface area contributed by atoms with Crippen molar-refractivity contribution in [2.45, 2.75) is 13.8 Å². The Bertz CT molecular complexity index is 1110. The summed E-state index contributed by atoms with van der Waals surface area (Å²) in [5, 5.41) is 8.90. The van der Waals surface area contributed by atoms with Crippen molar-refractivity contribution in [3.63, 3.8) is 0 Å². The van der Waals surface area contributed by atoms with Crippen molar-refractivity contribution < 1.29 is 4.79 Å². The van der Waals surface area contributed by atoms with Gasteiger partial charge >= 0.3 is 0 Å². The molecule has 0 saturated heterocycles. The number of carbonyl (C=O) groups excluding carboxylic acids is 1. The summed E-state index contributed by atoms with van der Waals surface area (Å²) in [7, 11) is 1.82. The third kappa shape index (κ3) is 4.90. The van der Waals surface area contributed by atoms with Crippen molar-refractivity contribution in [2.24, 2.45) is 5.10 Å². The molecule has 0 saturated carbocycles. The molecule has 3 rings (SSSR count). The molecule has 2 aromatic heterocycles. The van der Waals surface area contributed by atoms with E-state index in [0.29, 0.717) is 16.4 Å². The largest absolute Gasteiger partial charge is 0.307 e. The molecule has 6 nitrogen and oxygen atoms in total. The van der Waals surface area contributed by atoms with E-state index in [9.17, 15) is 4.79 Å². The Morgan fingerprint density at radius 1 is 1.23 bits per heavy atom. The summed E-state index contributed by atoms with van der Waals surface area (Å²) in [6.45, 7) is 7.36. The van der Waals surface area contributed by atoms with Gasteiger partial charge < -0.3 is 5.32 Å². The number of anilines is 1. The zero-order valence-electron chi connectivity index (χ0n) is 17.1. The van der Waals surface area contributed by atoms with E-state index in [4.69, 9.17) is 11.6 Å². The second kappa shape index (κ2) is 9.33. The number of hydrogen-bond donors (Lipinski definition) is 1. The number of hydrogen-bond acceptors (Lipinski definition) is 5. The quantitative estimate of drug-likeness (QED) is 0.436. The van der Waals surface area contributed by atoms with Crippen LogP contribution in [0.2, 0.25) is 5.02 Å². The SMILES string of the molecule is C=NN(C)C=C(C)c1ccc(Cl)c(-c2ccc(NC(=O)c3cnccc3C)nc2)c1. The zero-order chi connectivity index (χ0) is 21.7. The summed E-state index contributed by atoms with van der Waals surface area (Å²) in [4.78, 5) is 20.8. The summed E-state index contributed by atoms with van der Waals surface area (Å²) in [5.74, 6) is 0.204. The lowest BCUT2D eigenvalue weighted by Gasteiger charge is -2.12. The van der Waals surface area contributed by atoms with Gasteiger partial charge in [-0.3, -0.25) is 14.8 Å². The number of amides is 1. The van der Waals surface area contributed by atoms with Crippen LogP contribution in [-0.4, -0.2) is 34.6 Å². The molecule has 30 heavy (non-hydrogen) atoms. The van der Waals surface area contributed by atoms with E-state index >= 15 is 0 Å². The van der Waals surface area contributed by atoms with Crippen LogP contribution < -0.4 is 5.32 Å². The molecule has 152 valence electrons. The molecule has 1 amide bonds. The number of allylic oxidation sites excluding steroid dienone is 1. The fourth-order valence-corrected chi connectivity index (χ4v) is 3.13. The number of nitrogens with one attached hydrogen (secondary N) is 1. The number of rotatable bonds is 6. The van der Waals surface area contributed by atoms with E-state index in [1.807, 2.05) is 51.4 Å². The summed E-state index contributed by atoms with van der Waals surface area (Å²) in [5.41, 5.74) is 5.09. The van der Waals surface area contributed by atoms with Gasteiger partial charge in [-0.05, 0) is 60.9 Å². The van der Waals surface area contributed by atoms with Gasteiger partial charge in [-0.15, -0.1) is 0 Å². The predicted molar refractivity (Wildman–Crippen MR) is 123 cm³/mol. The van der Waals surface area contributed by atoms with Gasteiger partial charge in [-0.1, -0.05) is 17.7 Å². The maximum absolute atomic E-state index is 12.4. The van der Waals surface area contributed by atoms with Crippen molar-refractivity contribution in [3.8, 4) is 11.1 Å². The molecule has 0 aliphatic heterocycles. The van der Waals surface area contributed by atoms with Crippen LogP contribution in [0.15, 0.2) is 66.3 Å². The van der Waals surface area contributed by atoms with Crippen LogP contribution >= 0.6 is 11.6 Å². The monoisotopic (exact) mass is 419 g/mol. The number of carbonyl (C=O) groups is 1. The van der Waals surface area contributed by atoms with E-state index in [1.54, 1.807) is 35.7 Å². The predicted octanol–water partition coefficient (Wildman–Crippen LogP) is 5.27. The van der Waals surface area contributed by atoms with Gasteiger partial charge in [0.2, 0.25) is 0 Å². The lowest BCUT2D eigenvalue weighted by Crippen LogP contribution is -2.14. The van der Waals surface area contributed by atoms with Crippen LogP contribution in [0.25, 0.3) is 16.7 Å². The molecule has 0 bridgehead atoms. The first-order chi connectivity index (χ1) is 14.4. The second-order valence-electron chi connectivity index (χ2n) is 6.80. The Morgan fingerprint density at radius 3 is 2.70 bits per heavy atom. The van der Waals surface area contributed by atoms with Crippen molar-refractivity contribution in [2.75, 3.05) is 12.4 Å². The van der Waals surface area contributed by atoms with E-state index in [2.05, 4.69) is 27.1 Å². The molecule has 0 spiro atoms. The Labute approximate surface area is 180 Å². The standard InChI is InChI=1S/C23H22ClN5O/c1-15-9-10-26-13-20(15)23(30)28-22-8-6-18(12-27-22)19-11-17(5-7-21(19)24)16(2)14-29(4)25-3/h5-14H,3H2,1-2,4H3,(H,27,28,30). The van der Waals surface area contributed by atoms with Gasteiger partial charge in [-0.2, -0.15) is 5.10 Å². The maximum atomic E-state index is 12.4. The van der Waals surface area contributed by atoms with Gasteiger partial charge in [0.1, 0.15) is 5.82 Å². The van der Waals surface area contributed by atoms with Crippen molar-refractivity contribution in [1.29, 1.82) is 0 Å². The first-order valence-corrected chi connectivity index (χ1v) is 9.63. The van der Waals surface area contributed by atoms with Gasteiger partial charge in [0.05, 0.1) is 5.56 Å². The Balaban J connectivity index is 1.83. The summed E-state index contributed by atoms with van der Waals surface area (Å²) in [6.07, 6.45) is 6.77.